The van der Waals surface area contributed by atoms with Gasteiger partial charge in [-0.3, -0.25) is 4.79 Å². The first-order chi connectivity index (χ1) is 4.00. The van der Waals surface area contributed by atoms with E-state index in [4.69, 9.17) is 0 Å². The van der Waals surface area contributed by atoms with E-state index in [1.165, 1.54) is 0 Å². The summed E-state index contributed by atoms with van der Waals surface area (Å²) in [6, 6.07) is 0. The minimum atomic E-state index is -0.151. The van der Waals surface area contributed by atoms with E-state index in [2.05, 4.69) is 6.92 Å². The minimum absolute atomic E-state index is 0.151. The largest absolute Gasteiger partial charge is 0.299 e. The van der Waals surface area contributed by atoms with Crippen molar-refractivity contribution in [2.24, 2.45) is 5.41 Å². The summed E-state index contributed by atoms with van der Waals surface area (Å²) in [5, 5.41) is 0. The van der Waals surface area contributed by atoms with E-state index in [1.54, 1.807) is 6.92 Å². The first kappa shape index (κ1) is 8.67. The number of Topliss-reactive ketones (excluding diaryl/α,β-unsaturated/α-hetero) is 1. The van der Waals surface area contributed by atoms with Crippen molar-refractivity contribution in [3.05, 3.63) is 6.92 Å². The molecule has 0 N–H and O–H groups in total. The monoisotopic (exact) mass is 127 g/mol. The van der Waals surface area contributed by atoms with Gasteiger partial charge in [-0.15, -0.1) is 0 Å². The molecular weight excluding hydrogens is 112 g/mol. The molecule has 0 saturated carbocycles. The molecule has 0 amide bonds. The number of carbonyl (C=O) groups is 1. The van der Waals surface area contributed by atoms with Crippen molar-refractivity contribution in [1.82, 2.24) is 0 Å². The highest BCUT2D eigenvalue weighted by Gasteiger charge is 2.21. The predicted octanol–water partition coefficient (Wildman–Crippen LogP) is 2.22. The first-order valence-corrected chi connectivity index (χ1v) is 3.31. The minimum Gasteiger partial charge on any atom is -0.299 e. The third kappa shape index (κ3) is 2.64. The van der Waals surface area contributed by atoms with Crippen LogP contribution in [0.4, 0.5) is 0 Å². The number of carbonyl (C=O) groups excluding carboxylic acids is 1. The third-order valence-electron chi connectivity index (χ3n) is 1.75. The molecule has 0 aromatic heterocycles. The molecule has 0 fully saturated rings. The van der Waals surface area contributed by atoms with Gasteiger partial charge in [0.2, 0.25) is 0 Å². The van der Waals surface area contributed by atoms with E-state index in [9.17, 15) is 4.79 Å². The van der Waals surface area contributed by atoms with Gasteiger partial charge < -0.3 is 0 Å². The Bertz CT molecular complexity index is 103. The van der Waals surface area contributed by atoms with Gasteiger partial charge >= 0.3 is 0 Å². The van der Waals surface area contributed by atoms with Crippen molar-refractivity contribution in [2.75, 3.05) is 0 Å². The molecule has 1 radical (unpaired) electrons. The highest BCUT2D eigenvalue weighted by molar-refractivity contribution is 5.81. The highest BCUT2D eigenvalue weighted by Crippen LogP contribution is 2.22. The Morgan fingerprint density at radius 1 is 1.56 bits per heavy atom. The maximum Gasteiger partial charge on any atom is 0.135 e. The van der Waals surface area contributed by atoms with Gasteiger partial charge in [-0.25, -0.2) is 0 Å². The van der Waals surface area contributed by atoms with Crippen LogP contribution in [0, 0.1) is 12.3 Å². The van der Waals surface area contributed by atoms with Gasteiger partial charge in [0.05, 0.1) is 0 Å². The van der Waals surface area contributed by atoms with Crippen LogP contribution in [0.15, 0.2) is 0 Å². The van der Waals surface area contributed by atoms with Crippen molar-refractivity contribution in [3.63, 3.8) is 0 Å². The second kappa shape index (κ2) is 3.00. The van der Waals surface area contributed by atoms with Crippen LogP contribution in [0.3, 0.4) is 0 Å². The Morgan fingerprint density at radius 3 is 2.11 bits per heavy atom. The van der Waals surface area contributed by atoms with E-state index in [0.717, 1.165) is 12.8 Å². The van der Waals surface area contributed by atoms with Gasteiger partial charge in [0.1, 0.15) is 5.78 Å². The molecule has 1 nitrogen and oxygen atoms in total. The van der Waals surface area contributed by atoms with Crippen molar-refractivity contribution in [3.8, 4) is 0 Å². The van der Waals surface area contributed by atoms with Crippen LogP contribution in [0.25, 0.3) is 0 Å². The lowest BCUT2D eigenvalue weighted by Gasteiger charge is -2.19. The SMILES string of the molecule is [CH2]CCC(C)(C)C(C)=O. The summed E-state index contributed by atoms with van der Waals surface area (Å²) in [5.41, 5.74) is -0.151. The van der Waals surface area contributed by atoms with Crippen LogP contribution in [0.5, 0.6) is 0 Å². The Labute approximate surface area is 57.5 Å². The normalized spacial score (nSPS) is 11.6. The molecule has 0 unspecified atom stereocenters. The number of hydrogen-bond donors (Lipinski definition) is 0. The summed E-state index contributed by atoms with van der Waals surface area (Å²) in [6.07, 6.45) is 1.73. The van der Waals surface area contributed by atoms with Crippen molar-refractivity contribution >= 4 is 5.78 Å². The van der Waals surface area contributed by atoms with Gasteiger partial charge in [-0.05, 0) is 13.3 Å². The molecule has 1 heteroatoms. The average molecular weight is 127 g/mol. The van der Waals surface area contributed by atoms with Crippen LogP contribution < -0.4 is 0 Å². The lowest BCUT2D eigenvalue weighted by atomic mass is 9.84. The molecule has 0 aliphatic carbocycles. The van der Waals surface area contributed by atoms with E-state index < -0.39 is 0 Å². The van der Waals surface area contributed by atoms with Crippen molar-refractivity contribution < 1.29 is 4.79 Å². The Morgan fingerprint density at radius 2 is 2.00 bits per heavy atom. The fraction of sp³-hybridized carbons (Fsp3) is 0.750. The standard InChI is InChI=1S/C8H15O/c1-5-6-8(3,4)7(2)9/h1,5-6H2,2-4H3. The Hall–Kier alpha value is -0.330. The summed E-state index contributed by atoms with van der Waals surface area (Å²) in [6.45, 7) is 9.25. The average Bonchev–Trinajstić information content (AvgIpc) is 1.65. The molecule has 0 aliphatic rings. The van der Waals surface area contributed by atoms with Gasteiger partial charge in [0, 0.05) is 5.41 Å². The number of ketones is 1. The molecule has 0 aliphatic heterocycles. The Kier molecular flexibility index (Phi) is 2.89. The molecule has 53 valence electrons. The van der Waals surface area contributed by atoms with Crippen LogP contribution in [-0.4, -0.2) is 5.78 Å². The molecule has 0 aromatic rings. The molecule has 0 bridgehead atoms. The highest BCUT2D eigenvalue weighted by atomic mass is 16.1. The molecule has 0 heterocycles. The van der Waals surface area contributed by atoms with Crippen LogP contribution >= 0.6 is 0 Å². The molecule has 0 rings (SSSR count). The second-order valence-corrected chi connectivity index (χ2v) is 3.04. The molecule has 9 heavy (non-hydrogen) atoms. The van der Waals surface area contributed by atoms with Gasteiger partial charge in [0.15, 0.2) is 0 Å². The van der Waals surface area contributed by atoms with Crippen molar-refractivity contribution in [2.45, 2.75) is 33.6 Å². The van der Waals surface area contributed by atoms with Crippen molar-refractivity contribution in [1.29, 1.82) is 0 Å². The number of rotatable bonds is 3. The molecule has 0 saturated heterocycles. The predicted molar refractivity (Wildman–Crippen MR) is 39.1 cm³/mol. The van der Waals surface area contributed by atoms with E-state index >= 15 is 0 Å². The maximum absolute atomic E-state index is 10.8. The zero-order valence-corrected chi connectivity index (χ0v) is 6.53. The zero-order valence-electron chi connectivity index (χ0n) is 6.53. The van der Waals surface area contributed by atoms with Gasteiger partial charge in [-0.2, -0.15) is 0 Å². The molecular formula is C8H15O. The maximum atomic E-state index is 10.8. The van der Waals surface area contributed by atoms with Gasteiger partial charge in [0.25, 0.3) is 0 Å². The first-order valence-electron chi connectivity index (χ1n) is 3.31. The third-order valence-corrected chi connectivity index (χ3v) is 1.75. The fourth-order valence-corrected chi connectivity index (χ4v) is 0.618. The van der Waals surface area contributed by atoms with Crippen LogP contribution in [-0.2, 0) is 4.79 Å². The summed E-state index contributed by atoms with van der Waals surface area (Å²) in [7, 11) is 0. The van der Waals surface area contributed by atoms with E-state index in [-0.39, 0.29) is 11.2 Å². The van der Waals surface area contributed by atoms with Crippen LogP contribution in [0.1, 0.15) is 33.6 Å². The molecule has 0 atom stereocenters. The van der Waals surface area contributed by atoms with E-state index in [0.29, 0.717) is 0 Å². The zero-order chi connectivity index (χ0) is 7.49. The summed E-state index contributed by atoms with van der Waals surface area (Å²) in [4.78, 5) is 10.8. The van der Waals surface area contributed by atoms with Gasteiger partial charge in [-0.1, -0.05) is 27.2 Å². The smallest absolute Gasteiger partial charge is 0.135 e. The molecule has 0 spiro atoms. The topological polar surface area (TPSA) is 17.1 Å². The quantitative estimate of drug-likeness (QED) is 0.568. The summed E-state index contributed by atoms with van der Waals surface area (Å²) < 4.78 is 0. The lowest BCUT2D eigenvalue weighted by molar-refractivity contribution is -0.125. The van der Waals surface area contributed by atoms with E-state index in [1.807, 2.05) is 13.8 Å². The Balaban J connectivity index is 3.85. The summed E-state index contributed by atoms with van der Waals surface area (Å²) >= 11 is 0. The summed E-state index contributed by atoms with van der Waals surface area (Å²) in [5.74, 6) is 0.256. The second-order valence-electron chi connectivity index (χ2n) is 3.04. The number of hydrogen-bond acceptors (Lipinski definition) is 1. The van der Waals surface area contributed by atoms with Crippen LogP contribution in [0.2, 0.25) is 0 Å². The fourth-order valence-electron chi connectivity index (χ4n) is 0.618. The lowest BCUT2D eigenvalue weighted by Crippen LogP contribution is -2.20. The molecule has 0 aromatic carbocycles.